The van der Waals surface area contributed by atoms with E-state index >= 15 is 0 Å². The Kier molecular flexibility index (Phi) is 4.29. The first kappa shape index (κ1) is 14.8. The zero-order valence-corrected chi connectivity index (χ0v) is 13.1. The number of rotatable bonds is 5. The molecule has 6 heteroatoms. The van der Waals surface area contributed by atoms with Crippen molar-refractivity contribution in [2.45, 2.75) is 25.9 Å². The quantitative estimate of drug-likeness (QED) is 0.910. The number of hydrogen-bond donors (Lipinski definition) is 1. The highest BCUT2D eigenvalue weighted by atomic mass is 16.3. The molecule has 0 aliphatic carbocycles. The lowest BCUT2D eigenvalue weighted by atomic mass is 9.94. The number of fused-ring (bicyclic) bond motifs is 1. The maximum atomic E-state index is 12.4. The van der Waals surface area contributed by atoms with Crippen LogP contribution in [0.25, 0.3) is 0 Å². The van der Waals surface area contributed by atoms with Crippen LogP contribution in [0.5, 0.6) is 0 Å². The third kappa shape index (κ3) is 3.22. The van der Waals surface area contributed by atoms with E-state index in [0.29, 0.717) is 18.0 Å². The van der Waals surface area contributed by atoms with Crippen LogP contribution in [0, 0.1) is 5.92 Å². The van der Waals surface area contributed by atoms with Crippen molar-refractivity contribution in [2.75, 3.05) is 20.6 Å². The predicted octanol–water partition coefficient (Wildman–Crippen LogP) is 1.53. The maximum absolute atomic E-state index is 12.4. The molecule has 1 aliphatic heterocycles. The fourth-order valence-corrected chi connectivity index (χ4v) is 3.04. The Morgan fingerprint density at radius 2 is 2.41 bits per heavy atom. The van der Waals surface area contributed by atoms with Gasteiger partial charge in [0.05, 0.1) is 30.3 Å². The highest BCUT2D eigenvalue weighted by molar-refractivity contribution is 5.95. The van der Waals surface area contributed by atoms with Crippen molar-refractivity contribution in [3.63, 3.8) is 0 Å². The van der Waals surface area contributed by atoms with E-state index in [-0.39, 0.29) is 5.91 Å². The molecule has 0 radical (unpaired) electrons. The molecule has 0 spiro atoms. The van der Waals surface area contributed by atoms with Gasteiger partial charge in [-0.1, -0.05) is 0 Å². The largest absolute Gasteiger partial charge is 0.467 e. The molecule has 1 amide bonds. The molecule has 3 heterocycles. The highest BCUT2D eigenvalue weighted by Gasteiger charge is 2.25. The minimum absolute atomic E-state index is 0.0804. The molecule has 0 saturated carbocycles. The van der Waals surface area contributed by atoms with Crippen molar-refractivity contribution >= 4 is 5.91 Å². The lowest BCUT2D eigenvalue weighted by Gasteiger charge is -2.26. The van der Waals surface area contributed by atoms with Gasteiger partial charge in [0.15, 0.2) is 0 Å². The van der Waals surface area contributed by atoms with E-state index in [1.165, 1.54) is 0 Å². The second-order valence-corrected chi connectivity index (χ2v) is 6.11. The standard InChI is InChI=1S/C16H22N4O2/c1-19(2)11-12-5-6-20-15(8-12)14(10-18-20)16(21)17-9-13-4-3-7-22-13/h3-4,7,10,12H,5-6,8-9,11H2,1-2H3,(H,17,21). The molecule has 2 aromatic rings. The number of furan rings is 1. The molecule has 118 valence electrons. The molecule has 0 fully saturated rings. The summed E-state index contributed by atoms with van der Waals surface area (Å²) in [7, 11) is 4.17. The summed E-state index contributed by atoms with van der Waals surface area (Å²) < 4.78 is 7.20. The number of nitrogens with one attached hydrogen (secondary N) is 1. The number of nitrogens with zero attached hydrogens (tertiary/aromatic N) is 3. The van der Waals surface area contributed by atoms with Crippen LogP contribution in [0.1, 0.15) is 28.2 Å². The highest BCUT2D eigenvalue weighted by Crippen LogP contribution is 2.23. The fraction of sp³-hybridized carbons (Fsp3) is 0.500. The van der Waals surface area contributed by atoms with E-state index in [9.17, 15) is 4.79 Å². The first-order valence-corrected chi connectivity index (χ1v) is 7.63. The minimum atomic E-state index is -0.0804. The molecule has 1 atom stereocenters. The molecule has 6 nitrogen and oxygen atoms in total. The van der Waals surface area contributed by atoms with Crippen LogP contribution in [0.15, 0.2) is 29.0 Å². The van der Waals surface area contributed by atoms with Gasteiger partial charge >= 0.3 is 0 Å². The molecular formula is C16H22N4O2. The second kappa shape index (κ2) is 6.36. The number of carbonyl (C=O) groups excluding carboxylic acids is 1. The molecule has 0 saturated heterocycles. The van der Waals surface area contributed by atoms with Crippen LogP contribution in [0.2, 0.25) is 0 Å². The Hall–Kier alpha value is -2.08. The van der Waals surface area contributed by atoms with Gasteiger partial charge in [-0.15, -0.1) is 0 Å². The summed E-state index contributed by atoms with van der Waals surface area (Å²) in [6.07, 6.45) is 5.31. The third-order valence-electron chi connectivity index (χ3n) is 4.05. The Balaban J connectivity index is 1.67. The first-order chi connectivity index (χ1) is 10.6. The van der Waals surface area contributed by atoms with Crippen LogP contribution in [0.4, 0.5) is 0 Å². The normalized spacial score (nSPS) is 17.5. The summed E-state index contributed by atoms with van der Waals surface area (Å²) in [5.74, 6) is 1.25. The minimum Gasteiger partial charge on any atom is -0.467 e. The summed E-state index contributed by atoms with van der Waals surface area (Å²) >= 11 is 0. The van der Waals surface area contributed by atoms with Crippen LogP contribution >= 0.6 is 0 Å². The summed E-state index contributed by atoms with van der Waals surface area (Å²) in [4.78, 5) is 14.6. The smallest absolute Gasteiger partial charge is 0.255 e. The van der Waals surface area contributed by atoms with E-state index in [2.05, 4.69) is 29.4 Å². The molecule has 0 bridgehead atoms. The molecule has 1 aliphatic rings. The zero-order valence-electron chi connectivity index (χ0n) is 13.1. The molecule has 0 aromatic carbocycles. The topological polar surface area (TPSA) is 63.3 Å². The van der Waals surface area contributed by atoms with Crippen molar-refractivity contribution in [3.05, 3.63) is 41.6 Å². The predicted molar refractivity (Wildman–Crippen MR) is 82.5 cm³/mol. The van der Waals surface area contributed by atoms with Crippen LogP contribution in [-0.2, 0) is 19.5 Å². The van der Waals surface area contributed by atoms with Gasteiger partial charge in [0.1, 0.15) is 5.76 Å². The van der Waals surface area contributed by atoms with Gasteiger partial charge in [-0.3, -0.25) is 9.48 Å². The number of amides is 1. The van der Waals surface area contributed by atoms with Crippen LogP contribution in [-0.4, -0.2) is 41.2 Å². The van der Waals surface area contributed by atoms with Crippen molar-refractivity contribution in [1.29, 1.82) is 0 Å². The average Bonchev–Trinajstić information content (AvgIpc) is 3.13. The van der Waals surface area contributed by atoms with Gasteiger partial charge < -0.3 is 14.6 Å². The van der Waals surface area contributed by atoms with Gasteiger partial charge in [-0.05, 0) is 45.0 Å². The van der Waals surface area contributed by atoms with Crippen molar-refractivity contribution < 1.29 is 9.21 Å². The average molecular weight is 302 g/mol. The Bertz CT molecular complexity index is 631. The van der Waals surface area contributed by atoms with Crippen LogP contribution in [0.3, 0.4) is 0 Å². The van der Waals surface area contributed by atoms with Gasteiger partial charge in [0.25, 0.3) is 5.91 Å². The Labute approximate surface area is 130 Å². The molecular weight excluding hydrogens is 280 g/mol. The van der Waals surface area contributed by atoms with Gasteiger partial charge in [-0.25, -0.2) is 0 Å². The summed E-state index contributed by atoms with van der Waals surface area (Å²) in [6.45, 7) is 2.33. The first-order valence-electron chi connectivity index (χ1n) is 7.63. The van der Waals surface area contributed by atoms with Gasteiger partial charge in [0, 0.05) is 13.1 Å². The molecule has 1 unspecified atom stereocenters. The third-order valence-corrected chi connectivity index (χ3v) is 4.05. The van der Waals surface area contributed by atoms with Crippen molar-refractivity contribution in [3.8, 4) is 0 Å². The molecule has 22 heavy (non-hydrogen) atoms. The fourth-order valence-electron chi connectivity index (χ4n) is 3.04. The molecule has 1 N–H and O–H groups in total. The molecule has 2 aromatic heterocycles. The summed E-state index contributed by atoms with van der Waals surface area (Å²) in [5.41, 5.74) is 1.74. The lowest BCUT2D eigenvalue weighted by Crippen LogP contribution is -2.31. The van der Waals surface area contributed by atoms with Gasteiger partial charge in [-0.2, -0.15) is 5.10 Å². The van der Waals surface area contributed by atoms with E-state index in [0.717, 1.165) is 37.4 Å². The monoisotopic (exact) mass is 302 g/mol. The van der Waals surface area contributed by atoms with E-state index in [1.807, 2.05) is 16.8 Å². The number of carbonyl (C=O) groups is 1. The summed E-state index contributed by atoms with van der Waals surface area (Å²) in [6, 6.07) is 3.66. The Morgan fingerprint density at radius 3 is 3.14 bits per heavy atom. The SMILES string of the molecule is CN(C)CC1CCn2ncc(C(=O)NCc3ccco3)c2C1. The van der Waals surface area contributed by atoms with E-state index in [4.69, 9.17) is 4.42 Å². The zero-order chi connectivity index (χ0) is 15.5. The maximum Gasteiger partial charge on any atom is 0.255 e. The van der Waals surface area contributed by atoms with Gasteiger partial charge in [0.2, 0.25) is 0 Å². The Morgan fingerprint density at radius 1 is 1.55 bits per heavy atom. The number of aromatic nitrogens is 2. The van der Waals surface area contributed by atoms with E-state index < -0.39 is 0 Å². The number of hydrogen-bond acceptors (Lipinski definition) is 4. The summed E-state index contributed by atoms with van der Waals surface area (Å²) in [5, 5.41) is 7.25. The van der Waals surface area contributed by atoms with Crippen molar-refractivity contribution in [1.82, 2.24) is 20.0 Å². The molecule has 3 rings (SSSR count). The lowest BCUT2D eigenvalue weighted by molar-refractivity contribution is 0.0946. The van der Waals surface area contributed by atoms with Crippen molar-refractivity contribution in [2.24, 2.45) is 5.92 Å². The van der Waals surface area contributed by atoms with E-state index in [1.54, 1.807) is 12.5 Å². The number of aryl methyl sites for hydroxylation is 1. The second-order valence-electron chi connectivity index (χ2n) is 6.11. The van der Waals surface area contributed by atoms with Crippen LogP contribution < -0.4 is 5.32 Å².